The molecule has 192 valence electrons. The number of fused-ring (bicyclic) bond motifs is 1. The number of hydrogen-bond acceptors (Lipinski definition) is 5. The number of piperidine rings is 1. The summed E-state index contributed by atoms with van der Waals surface area (Å²) >= 11 is 0. The molecule has 0 bridgehead atoms. The molecule has 0 spiro atoms. The number of likely N-dealkylation sites (tertiary alicyclic amines) is 2. The number of phenolic OH excluding ortho intramolecular Hbond substituents is 1. The summed E-state index contributed by atoms with van der Waals surface area (Å²) in [5.41, 5.74) is 4.24. The second-order valence-electron chi connectivity index (χ2n) is 11.0. The van der Waals surface area contributed by atoms with Crippen LogP contribution in [0, 0.1) is 5.92 Å². The predicted molar refractivity (Wildman–Crippen MR) is 140 cm³/mol. The van der Waals surface area contributed by atoms with Gasteiger partial charge < -0.3 is 25.3 Å². The van der Waals surface area contributed by atoms with Crippen LogP contribution in [0.15, 0.2) is 41.6 Å². The number of carbonyl (C=O) groups is 1. The first-order valence-electron chi connectivity index (χ1n) is 13.1. The van der Waals surface area contributed by atoms with E-state index in [9.17, 15) is 9.90 Å². The number of aromatic hydroxyl groups is 1. The number of benzene rings is 1. The molecule has 4 aliphatic rings. The van der Waals surface area contributed by atoms with E-state index in [2.05, 4.69) is 47.7 Å². The molecule has 1 atom stereocenters. The summed E-state index contributed by atoms with van der Waals surface area (Å²) in [4.78, 5) is 22.9. The van der Waals surface area contributed by atoms with E-state index < -0.39 is 0 Å². The van der Waals surface area contributed by atoms with Gasteiger partial charge in [-0.05, 0) is 61.6 Å². The van der Waals surface area contributed by atoms with Crippen LogP contribution in [0.4, 0.5) is 0 Å². The second kappa shape index (κ2) is 10.7. The summed E-state index contributed by atoms with van der Waals surface area (Å²) in [6.45, 7) is 12.7. The Kier molecular flexibility index (Phi) is 7.89. The summed E-state index contributed by atoms with van der Waals surface area (Å²) in [5.74, 6) is 0.763. The van der Waals surface area contributed by atoms with Gasteiger partial charge in [0.05, 0.1) is 5.56 Å². The van der Waals surface area contributed by atoms with Crippen molar-refractivity contribution in [2.75, 3.05) is 59.4 Å². The lowest BCUT2D eigenvalue weighted by molar-refractivity contribution is 0.0763. The highest BCUT2D eigenvalue weighted by Gasteiger charge is 2.34. The molecule has 3 saturated heterocycles. The Labute approximate surface area is 210 Å². The molecular weight excluding hydrogens is 440 g/mol. The second-order valence-corrected chi connectivity index (χ2v) is 11.0. The van der Waals surface area contributed by atoms with E-state index in [0.29, 0.717) is 23.9 Å². The van der Waals surface area contributed by atoms with Gasteiger partial charge in [0.2, 0.25) is 0 Å². The highest BCUT2D eigenvalue weighted by molar-refractivity contribution is 5.97. The molecule has 0 radical (unpaired) electrons. The average Bonchev–Trinajstić information content (AvgIpc) is 3.28. The molecule has 1 amide bonds. The topological polar surface area (TPSA) is 81.8 Å². The van der Waals surface area contributed by atoms with Crippen LogP contribution in [0.25, 0.3) is 0 Å². The monoisotopic (exact) mass is 482 g/mol. The first kappa shape index (κ1) is 25.7. The van der Waals surface area contributed by atoms with E-state index in [4.69, 9.17) is 0 Å². The largest absolute Gasteiger partial charge is 0.507 e. The van der Waals surface area contributed by atoms with Crippen molar-refractivity contribution in [1.82, 2.24) is 19.6 Å². The number of piperazine rings is 1. The van der Waals surface area contributed by atoms with E-state index >= 15 is 0 Å². The van der Waals surface area contributed by atoms with Crippen LogP contribution in [0.3, 0.4) is 0 Å². The minimum absolute atomic E-state index is 0. The van der Waals surface area contributed by atoms with Crippen molar-refractivity contribution in [2.45, 2.75) is 45.1 Å². The molecule has 1 aliphatic carbocycles. The molecule has 3 heterocycles. The Morgan fingerprint density at radius 3 is 2.46 bits per heavy atom. The fourth-order valence-electron chi connectivity index (χ4n) is 6.00. The maximum Gasteiger partial charge on any atom is 0.257 e. The van der Waals surface area contributed by atoms with Gasteiger partial charge >= 0.3 is 0 Å². The van der Waals surface area contributed by atoms with Crippen molar-refractivity contribution in [2.24, 2.45) is 5.92 Å². The number of phenols is 1. The van der Waals surface area contributed by atoms with Crippen LogP contribution < -0.4 is 0 Å². The standard InChI is InChI=1S/C28H40N4O2.H2O/c1-20(2)21-5-7-27(33)26(17-21)28(34)32-18-22-4-6-25(16-23(22)19-32)30-10-8-24(9-11-30)31-14-12-29(3)13-15-31;/h5-7,16-17,20,22,24,33H,4,8-15,18-19H2,1-3H3;1H2. The third-order valence-electron chi connectivity index (χ3n) is 8.37. The van der Waals surface area contributed by atoms with Crippen molar-refractivity contribution in [1.29, 1.82) is 0 Å². The smallest absolute Gasteiger partial charge is 0.257 e. The van der Waals surface area contributed by atoms with Gasteiger partial charge in [-0.1, -0.05) is 26.0 Å². The molecule has 35 heavy (non-hydrogen) atoms. The van der Waals surface area contributed by atoms with Crippen molar-refractivity contribution in [3.05, 3.63) is 52.7 Å². The van der Waals surface area contributed by atoms with E-state index in [1.807, 2.05) is 17.0 Å². The molecule has 0 saturated carbocycles. The van der Waals surface area contributed by atoms with E-state index in [0.717, 1.165) is 37.7 Å². The van der Waals surface area contributed by atoms with Gasteiger partial charge in [0.1, 0.15) is 5.75 Å². The number of allylic oxidation sites excluding steroid dienone is 2. The Balaban J connectivity index is 0.00000289. The zero-order valence-electron chi connectivity index (χ0n) is 21.5. The summed E-state index contributed by atoms with van der Waals surface area (Å²) in [6, 6.07) is 6.17. The quantitative estimate of drug-likeness (QED) is 0.714. The number of amides is 1. The molecular formula is C28H42N4O3. The van der Waals surface area contributed by atoms with Crippen LogP contribution in [0.1, 0.15) is 54.9 Å². The van der Waals surface area contributed by atoms with Gasteiger partial charge in [-0.2, -0.15) is 0 Å². The molecule has 1 aromatic rings. The molecule has 5 rings (SSSR count). The van der Waals surface area contributed by atoms with Gasteiger partial charge in [-0.15, -0.1) is 0 Å². The fourth-order valence-corrected chi connectivity index (χ4v) is 6.00. The van der Waals surface area contributed by atoms with Crippen molar-refractivity contribution in [3.63, 3.8) is 0 Å². The van der Waals surface area contributed by atoms with E-state index in [1.165, 1.54) is 50.3 Å². The summed E-state index contributed by atoms with van der Waals surface area (Å²) in [7, 11) is 2.22. The number of nitrogens with zero attached hydrogens (tertiary/aromatic N) is 4. The summed E-state index contributed by atoms with van der Waals surface area (Å²) in [6.07, 6.45) is 8.21. The van der Waals surface area contributed by atoms with Gasteiger partial charge in [-0.25, -0.2) is 0 Å². The van der Waals surface area contributed by atoms with Crippen LogP contribution in [0.2, 0.25) is 0 Å². The molecule has 3 N–H and O–H groups in total. The first-order chi connectivity index (χ1) is 16.4. The number of carbonyl (C=O) groups excluding carboxylic acids is 1. The fraction of sp³-hybridized carbons (Fsp3) is 0.607. The lowest BCUT2D eigenvalue weighted by atomic mass is 9.92. The third-order valence-corrected chi connectivity index (χ3v) is 8.37. The van der Waals surface area contributed by atoms with Crippen molar-refractivity contribution < 1.29 is 15.4 Å². The summed E-state index contributed by atoms with van der Waals surface area (Å²) in [5, 5.41) is 10.4. The zero-order valence-corrected chi connectivity index (χ0v) is 21.5. The van der Waals surface area contributed by atoms with E-state index in [-0.39, 0.29) is 17.1 Å². The number of hydrogen-bond donors (Lipinski definition) is 1. The molecule has 0 aromatic heterocycles. The number of rotatable bonds is 4. The van der Waals surface area contributed by atoms with Crippen molar-refractivity contribution >= 4 is 5.91 Å². The lowest BCUT2D eigenvalue weighted by Crippen LogP contribution is -2.52. The average molecular weight is 483 g/mol. The minimum atomic E-state index is -0.0511. The molecule has 7 heteroatoms. The molecule has 1 unspecified atom stereocenters. The van der Waals surface area contributed by atoms with Crippen molar-refractivity contribution in [3.8, 4) is 5.75 Å². The Bertz CT molecular complexity index is 972. The Morgan fingerprint density at radius 1 is 1.06 bits per heavy atom. The third kappa shape index (κ3) is 5.42. The van der Waals surface area contributed by atoms with Gasteiger partial charge in [0.15, 0.2) is 0 Å². The molecule has 3 aliphatic heterocycles. The predicted octanol–water partition coefficient (Wildman–Crippen LogP) is 2.69. The highest BCUT2D eigenvalue weighted by Crippen LogP contribution is 2.35. The van der Waals surface area contributed by atoms with Gasteiger partial charge in [0.25, 0.3) is 5.91 Å². The SMILES string of the molecule is CC(C)c1ccc(O)c(C(=O)N2CC3=CC(N4CCC(N5CCN(C)CC5)CC4)=CCC3C2)c1.O. The Hall–Kier alpha value is -2.35. The first-order valence-corrected chi connectivity index (χ1v) is 13.1. The maximum atomic E-state index is 13.3. The van der Waals surface area contributed by atoms with Crippen LogP contribution in [0.5, 0.6) is 5.75 Å². The van der Waals surface area contributed by atoms with Crippen LogP contribution in [-0.4, -0.2) is 102 Å². The highest BCUT2D eigenvalue weighted by atomic mass is 16.3. The summed E-state index contributed by atoms with van der Waals surface area (Å²) < 4.78 is 0. The van der Waals surface area contributed by atoms with Crippen LogP contribution >= 0.6 is 0 Å². The van der Waals surface area contributed by atoms with Crippen LogP contribution in [-0.2, 0) is 0 Å². The maximum absolute atomic E-state index is 13.3. The Morgan fingerprint density at radius 2 is 1.77 bits per heavy atom. The molecule has 1 aromatic carbocycles. The molecule has 7 nitrogen and oxygen atoms in total. The van der Waals surface area contributed by atoms with Gasteiger partial charge in [0, 0.05) is 70.0 Å². The normalized spacial score (nSPS) is 24.2. The lowest BCUT2D eigenvalue weighted by Gasteiger charge is -2.43. The number of likely N-dealkylation sites (N-methyl/N-ethyl adjacent to an activating group) is 1. The zero-order chi connectivity index (χ0) is 23.8. The minimum Gasteiger partial charge on any atom is -0.507 e. The van der Waals surface area contributed by atoms with E-state index in [1.54, 1.807) is 6.07 Å². The molecule has 3 fully saturated rings. The van der Waals surface area contributed by atoms with Gasteiger partial charge in [-0.3, -0.25) is 9.69 Å².